The maximum Gasteiger partial charge on any atom is 0.291 e. The first-order valence-corrected chi connectivity index (χ1v) is 13.3. The number of benzene rings is 1. The van der Waals surface area contributed by atoms with Crippen LogP contribution in [0.2, 0.25) is 0 Å². The second-order valence-electron chi connectivity index (χ2n) is 10.3. The van der Waals surface area contributed by atoms with Crippen molar-refractivity contribution in [3.63, 3.8) is 0 Å². The van der Waals surface area contributed by atoms with Crippen LogP contribution in [0.3, 0.4) is 0 Å². The van der Waals surface area contributed by atoms with Crippen molar-refractivity contribution in [3.8, 4) is 16.8 Å². The summed E-state index contributed by atoms with van der Waals surface area (Å²) in [5.41, 5.74) is 10.5. The van der Waals surface area contributed by atoms with E-state index in [-0.39, 0.29) is 41.2 Å². The molecule has 4 aromatic heterocycles. The molecule has 13 heteroatoms. The summed E-state index contributed by atoms with van der Waals surface area (Å²) in [6, 6.07) is 9.62. The number of nitrogens with one attached hydrogen (secondary N) is 1. The standard InChI is InChI=1S/C28H30N10O3/c1-16-9-21(19(14-41-3)12-36(16)28(40)26-30-15-31-35-26)24-23(17(2)39)25(29)38-27(34-24)22(11-33-38)18-10-32-37(13-18)20-7-5-4-6-8-20/h4-8,10-11,13,15-16,19,21H,9,12,14,29H2,1-3H3,(H,30,31,35). The van der Waals surface area contributed by atoms with E-state index in [0.29, 0.717) is 36.5 Å². The number of H-pyrrole nitrogens is 1. The van der Waals surface area contributed by atoms with Crippen LogP contribution in [0.5, 0.6) is 0 Å². The number of amides is 1. The fourth-order valence-electron chi connectivity index (χ4n) is 5.74. The minimum atomic E-state index is -0.238. The largest absolute Gasteiger partial charge is 0.384 e. The number of rotatable bonds is 7. The van der Waals surface area contributed by atoms with Crippen molar-refractivity contribution in [1.29, 1.82) is 0 Å². The van der Waals surface area contributed by atoms with Crippen LogP contribution < -0.4 is 5.73 Å². The van der Waals surface area contributed by atoms with Crippen molar-refractivity contribution < 1.29 is 14.3 Å². The Morgan fingerprint density at radius 2 is 1.98 bits per heavy atom. The third-order valence-electron chi connectivity index (χ3n) is 7.71. The number of Topliss-reactive ketones (excluding diaryl/α,β-unsaturated/α-hetero) is 1. The van der Waals surface area contributed by atoms with Gasteiger partial charge < -0.3 is 15.4 Å². The van der Waals surface area contributed by atoms with Gasteiger partial charge in [0.2, 0.25) is 5.82 Å². The summed E-state index contributed by atoms with van der Waals surface area (Å²) in [5, 5.41) is 15.5. The van der Waals surface area contributed by atoms with Crippen LogP contribution >= 0.6 is 0 Å². The van der Waals surface area contributed by atoms with E-state index in [9.17, 15) is 9.59 Å². The number of nitrogen functional groups attached to an aromatic ring is 1. The highest BCUT2D eigenvalue weighted by molar-refractivity contribution is 6.00. The number of ketones is 1. The summed E-state index contributed by atoms with van der Waals surface area (Å²) in [6.07, 6.45) is 7.21. The van der Waals surface area contributed by atoms with E-state index < -0.39 is 0 Å². The number of carbonyl (C=O) groups is 2. The number of methoxy groups -OCH3 is 1. The van der Waals surface area contributed by atoms with Gasteiger partial charge in [-0.3, -0.25) is 14.7 Å². The van der Waals surface area contributed by atoms with Gasteiger partial charge in [-0.2, -0.15) is 19.8 Å². The summed E-state index contributed by atoms with van der Waals surface area (Å²) < 4.78 is 8.87. The van der Waals surface area contributed by atoms with Crippen molar-refractivity contribution in [3.05, 3.63) is 72.3 Å². The fraction of sp³-hybridized carbons (Fsp3) is 0.321. The summed E-state index contributed by atoms with van der Waals surface area (Å²) in [7, 11) is 1.62. The Balaban J connectivity index is 1.43. The van der Waals surface area contributed by atoms with Crippen LogP contribution in [0, 0.1) is 5.92 Å². The predicted molar refractivity (Wildman–Crippen MR) is 150 cm³/mol. The van der Waals surface area contributed by atoms with Crippen LogP contribution in [-0.2, 0) is 4.74 Å². The van der Waals surface area contributed by atoms with Gasteiger partial charge in [0, 0.05) is 48.9 Å². The van der Waals surface area contributed by atoms with Crippen LogP contribution in [-0.4, -0.2) is 82.5 Å². The zero-order chi connectivity index (χ0) is 28.7. The molecule has 1 aliphatic heterocycles. The van der Waals surface area contributed by atoms with Gasteiger partial charge in [-0.05, 0) is 32.4 Å². The highest BCUT2D eigenvalue weighted by atomic mass is 16.5. The van der Waals surface area contributed by atoms with Gasteiger partial charge in [-0.25, -0.2) is 14.6 Å². The van der Waals surface area contributed by atoms with E-state index in [2.05, 4.69) is 25.4 Å². The molecule has 1 saturated heterocycles. The lowest BCUT2D eigenvalue weighted by Gasteiger charge is -2.42. The van der Waals surface area contributed by atoms with E-state index in [4.69, 9.17) is 15.5 Å². The van der Waals surface area contributed by atoms with Gasteiger partial charge in [0.25, 0.3) is 5.91 Å². The number of nitrogens with zero attached hydrogens (tertiary/aromatic N) is 8. The molecular weight excluding hydrogens is 524 g/mol. The number of hydrogen-bond acceptors (Lipinski definition) is 9. The Bertz CT molecular complexity index is 1710. The molecule has 6 rings (SSSR count). The smallest absolute Gasteiger partial charge is 0.291 e. The highest BCUT2D eigenvalue weighted by Gasteiger charge is 2.40. The number of fused-ring (bicyclic) bond motifs is 1. The summed E-state index contributed by atoms with van der Waals surface area (Å²) in [6.45, 7) is 4.20. The normalized spacial score (nSPS) is 19.1. The molecule has 3 N–H and O–H groups in total. The topological polar surface area (TPSA) is 162 Å². The molecule has 41 heavy (non-hydrogen) atoms. The lowest BCUT2D eigenvalue weighted by Crippen LogP contribution is -2.50. The van der Waals surface area contributed by atoms with Crippen LogP contribution in [0.25, 0.3) is 22.5 Å². The fourth-order valence-corrected chi connectivity index (χ4v) is 5.74. The zero-order valence-electron chi connectivity index (χ0n) is 22.9. The molecule has 5 heterocycles. The number of likely N-dealkylation sites (tertiary alicyclic amines) is 1. The summed E-state index contributed by atoms with van der Waals surface area (Å²) in [4.78, 5) is 37.0. The van der Waals surface area contributed by atoms with E-state index in [1.54, 1.807) is 29.1 Å². The van der Waals surface area contributed by atoms with E-state index >= 15 is 0 Å². The van der Waals surface area contributed by atoms with Crippen LogP contribution in [0.1, 0.15) is 52.9 Å². The Morgan fingerprint density at radius 3 is 2.68 bits per heavy atom. The molecule has 3 atom stereocenters. The summed E-state index contributed by atoms with van der Waals surface area (Å²) >= 11 is 0. The van der Waals surface area contributed by atoms with Crippen molar-refractivity contribution in [1.82, 2.24) is 44.5 Å². The van der Waals surface area contributed by atoms with E-state index in [1.807, 2.05) is 43.5 Å². The second-order valence-corrected chi connectivity index (χ2v) is 10.3. The van der Waals surface area contributed by atoms with Crippen molar-refractivity contribution >= 4 is 23.2 Å². The monoisotopic (exact) mass is 554 g/mol. The van der Waals surface area contributed by atoms with Crippen molar-refractivity contribution in [2.24, 2.45) is 5.92 Å². The number of ether oxygens (including phenoxy) is 1. The molecule has 0 radical (unpaired) electrons. The molecule has 210 valence electrons. The van der Waals surface area contributed by atoms with E-state index in [1.165, 1.54) is 17.8 Å². The molecule has 5 aromatic rings. The lowest BCUT2D eigenvalue weighted by atomic mass is 9.78. The number of para-hydroxylation sites is 1. The SMILES string of the molecule is COCC1CN(C(=O)c2ncn[nH]2)C(C)CC1c1nc2c(-c3cnn(-c4ccccc4)c3)cnn2c(N)c1C(C)=O. The van der Waals surface area contributed by atoms with Gasteiger partial charge in [0.05, 0.1) is 35.9 Å². The number of aromatic nitrogens is 8. The molecule has 3 unspecified atom stereocenters. The van der Waals surface area contributed by atoms with Crippen LogP contribution in [0.15, 0.2) is 55.2 Å². The molecule has 0 spiro atoms. The molecule has 1 fully saturated rings. The minimum Gasteiger partial charge on any atom is -0.384 e. The molecule has 0 bridgehead atoms. The Kier molecular flexibility index (Phi) is 6.79. The highest BCUT2D eigenvalue weighted by Crippen LogP contribution is 2.40. The van der Waals surface area contributed by atoms with Gasteiger partial charge in [-0.1, -0.05) is 18.2 Å². The van der Waals surface area contributed by atoms with Gasteiger partial charge in [-0.15, -0.1) is 0 Å². The Labute approximate surface area is 235 Å². The maximum absolute atomic E-state index is 13.2. The molecule has 0 saturated carbocycles. The molecular formula is C28H30N10O3. The maximum atomic E-state index is 13.2. The Morgan fingerprint density at radius 1 is 1.17 bits per heavy atom. The molecule has 0 aliphatic carbocycles. The average molecular weight is 555 g/mol. The average Bonchev–Trinajstić information content (AvgIpc) is 3.75. The first-order chi connectivity index (χ1) is 19.9. The molecule has 1 amide bonds. The zero-order valence-corrected chi connectivity index (χ0v) is 22.9. The lowest BCUT2D eigenvalue weighted by molar-refractivity contribution is 0.0341. The molecule has 1 aromatic carbocycles. The quantitative estimate of drug-likeness (QED) is 0.288. The second kappa shape index (κ2) is 10.6. The first-order valence-electron chi connectivity index (χ1n) is 13.3. The number of aromatic amines is 1. The number of nitrogens with two attached hydrogens (primary N) is 1. The number of piperidine rings is 1. The molecule has 13 nitrogen and oxygen atoms in total. The Hall–Kier alpha value is -4.91. The van der Waals surface area contributed by atoms with Crippen molar-refractivity contribution in [2.75, 3.05) is 26.0 Å². The third kappa shape index (κ3) is 4.63. The molecule has 1 aliphatic rings. The van der Waals surface area contributed by atoms with E-state index in [0.717, 1.165) is 16.8 Å². The van der Waals surface area contributed by atoms with Crippen molar-refractivity contribution in [2.45, 2.75) is 32.2 Å². The number of carbonyl (C=O) groups excluding carboxylic acids is 2. The minimum absolute atomic E-state index is 0.150. The van der Waals surface area contributed by atoms with Gasteiger partial charge >= 0.3 is 0 Å². The first kappa shape index (κ1) is 26.3. The predicted octanol–water partition coefficient (Wildman–Crippen LogP) is 2.77. The number of hydrogen-bond donors (Lipinski definition) is 2. The van der Waals surface area contributed by atoms with Gasteiger partial charge in [0.1, 0.15) is 12.1 Å². The van der Waals surface area contributed by atoms with Crippen LogP contribution in [0.4, 0.5) is 5.82 Å². The van der Waals surface area contributed by atoms with Gasteiger partial charge in [0.15, 0.2) is 11.4 Å². The number of anilines is 1. The summed E-state index contributed by atoms with van der Waals surface area (Å²) in [5.74, 6) is -0.391. The third-order valence-corrected chi connectivity index (χ3v) is 7.71.